The van der Waals surface area contributed by atoms with Crippen LogP contribution in [0.5, 0.6) is 11.5 Å². The predicted octanol–water partition coefficient (Wildman–Crippen LogP) is 3.03. The summed E-state index contributed by atoms with van der Waals surface area (Å²) in [6.07, 6.45) is 1.56. The summed E-state index contributed by atoms with van der Waals surface area (Å²) in [5, 5.41) is 1.88. The highest BCUT2D eigenvalue weighted by Crippen LogP contribution is 2.30. The molecule has 0 saturated carbocycles. The second kappa shape index (κ2) is 6.67. The number of cyclic esters (lactones) is 1. The van der Waals surface area contributed by atoms with Crippen molar-refractivity contribution in [2.24, 2.45) is 4.99 Å². The van der Waals surface area contributed by atoms with Gasteiger partial charge in [0.15, 0.2) is 17.2 Å². The number of aliphatic imine (C=N–C) groups is 1. The van der Waals surface area contributed by atoms with Crippen molar-refractivity contribution in [3.63, 3.8) is 0 Å². The Morgan fingerprint density at radius 3 is 2.79 bits per heavy atom. The van der Waals surface area contributed by atoms with E-state index in [4.69, 9.17) is 14.2 Å². The van der Waals surface area contributed by atoms with Crippen LogP contribution in [0.3, 0.4) is 0 Å². The number of nitrogens with zero attached hydrogens (tertiary/aromatic N) is 1. The molecule has 0 aliphatic carbocycles. The van der Waals surface area contributed by atoms with Crippen LogP contribution in [0.25, 0.3) is 6.08 Å². The molecule has 1 aliphatic heterocycles. The van der Waals surface area contributed by atoms with Crippen LogP contribution in [0.4, 0.5) is 0 Å². The Balaban J connectivity index is 1.93. The molecule has 0 atom stereocenters. The first kappa shape index (κ1) is 15.9. The van der Waals surface area contributed by atoms with E-state index in [2.05, 4.69) is 4.99 Å². The molecular formula is C17H13NO5S. The fourth-order valence-electron chi connectivity index (χ4n) is 2.09. The maximum atomic E-state index is 12.0. The van der Waals surface area contributed by atoms with E-state index in [9.17, 15) is 9.59 Å². The lowest BCUT2D eigenvalue weighted by Gasteiger charge is -2.08. The van der Waals surface area contributed by atoms with Gasteiger partial charge in [-0.05, 0) is 35.2 Å². The highest BCUT2D eigenvalue weighted by atomic mass is 32.1. The molecule has 0 bridgehead atoms. The Hall–Kier alpha value is -2.93. The van der Waals surface area contributed by atoms with E-state index in [0.29, 0.717) is 11.3 Å². The normalized spacial score (nSPS) is 15.2. The quantitative estimate of drug-likeness (QED) is 0.485. The zero-order chi connectivity index (χ0) is 17.1. The summed E-state index contributed by atoms with van der Waals surface area (Å²) >= 11 is 1.44. The van der Waals surface area contributed by atoms with Crippen molar-refractivity contribution in [1.82, 2.24) is 0 Å². The van der Waals surface area contributed by atoms with Crippen molar-refractivity contribution < 1.29 is 23.8 Å². The van der Waals surface area contributed by atoms with Crippen LogP contribution < -0.4 is 9.47 Å². The third-order valence-electron chi connectivity index (χ3n) is 3.10. The topological polar surface area (TPSA) is 74.2 Å². The highest BCUT2D eigenvalue weighted by molar-refractivity contribution is 7.12. The number of benzene rings is 1. The standard InChI is InChI=1S/C17H13NO5S/c1-10(19)22-14-9-11(5-6-13(14)21-2)8-12-17(20)23-16(18-12)15-4-3-7-24-15/h3-9H,1-2H3/b12-8+. The van der Waals surface area contributed by atoms with Crippen molar-refractivity contribution in [1.29, 1.82) is 0 Å². The number of rotatable bonds is 4. The molecule has 0 N–H and O–H groups in total. The van der Waals surface area contributed by atoms with Gasteiger partial charge in [-0.1, -0.05) is 12.1 Å². The van der Waals surface area contributed by atoms with Crippen LogP contribution in [0, 0.1) is 0 Å². The first-order valence-corrected chi connectivity index (χ1v) is 7.87. The molecule has 0 unspecified atom stereocenters. The Bertz CT molecular complexity index is 852. The SMILES string of the molecule is COc1ccc(/C=C2/N=C(c3cccs3)OC2=O)cc1OC(C)=O. The van der Waals surface area contributed by atoms with Gasteiger partial charge in [0.25, 0.3) is 0 Å². The average molecular weight is 343 g/mol. The second-order valence-corrected chi connectivity index (χ2v) is 5.76. The van der Waals surface area contributed by atoms with E-state index < -0.39 is 11.9 Å². The Morgan fingerprint density at radius 2 is 2.12 bits per heavy atom. The van der Waals surface area contributed by atoms with Crippen molar-refractivity contribution in [2.75, 3.05) is 7.11 Å². The van der Waals surface area contributed by atoms with E-state index >= 15 is 0 Å². The molecule has 0 fully saturated rings. The Labute approximate surface area is 142 Å². The molecule has 24 heavy (non-hydrogen) atoms. The maximum absolute atomic E-state index is 12.0. The largest absolute Gasteiger partial charge is 0.493 e. The number of esters is 2. The second-order valence-electron chi connectivity index (χ2n) is 4.82. The van der Waals surface area contributed by atoms with Crippen molar-refractivity contribution in [2.45, 2.75) is 6.92 Å². The van der Waals surface area contributed by atoms with Gasteiger partial charge < -0.3 is 14.2 Å². The molecular weight excluding hydrogens is 330 g/mol. The Kier molecular flexibility index (Phi) is 4.43. The first-order valence-electron chi connectivity index (χ1n) is 6.99. The molecule has 0 spiro atoms. The minimum absolute atomic E-state index is 0.178. The van der Waals surface area contributed by atoms with Gasteiger partial charge in [0.2, 0.25) is 5.90 Å². The number of hydrogen-bond acceptors (Lipinski definition) is 7. The highest BCUT2D eigenvalue weighted by Gasteiger charge is 2.24. The smallest absolute Gasteiger partial charge is 0.363 e. The van der Waals surface area contributed by atoms with E-state index in [-0.39, 0.29) is 17.3 Å². The number of thiophene rings is 1. The van der Waals surface area contributed by atoms with Crippen LogP contribution in [0.2, 0.25) is 0 Å². The average Bonchev–Trinajstić information content (AvgIpc) is 3.17. The molecule has 1 aliphatic rings. The molecule has 6 nitrogen and oxygen atoms in total. The van der Waals surface area contributed by atoms with Crippen LogP contribution in [-0.2, 0) is 14.3 Å². The molecule has 2 heterocycles. The molecule has 0 saturated heterocycles. The summed E-state index contributed by atoms with van der Waals surface area (Å²) in [6.45, 7) is 1.30. The molecule has 1 aromatic heterocycles. The summed E-state index contributed by atoms with van der Waals surface area (Å²) in [6, 6.07) is 8.65. The van der Waals surface area contributed by atoms with Crippen LogP contribution in [0.15, 0.2) is 46.4 Å². The van der Waals surface area contributed by atoms with Gasteiger partial charge in [-0.15, -0.1) is 11.3 Å². The monoisotopic (exact) mass is 343 g/mol. The van der Waals surface area contributed by atoms with Gasteiger partial charge >= 0.3 is 11.9 Å². The molecule has 2 aromatic rings. The molecule has 3 rings (SSSR count). The summed E-state index contributed by atoms with van der Waals surface area (Å²) in [4.78, 5) is 28.1. The maximum Gasteiger partial charge on any atom is 0.363 e. The van der Waals surface area contributed by atoms with Gasteiger partial charge in [-0.2, -0.15) is 0 Å². The minimum atomic E-state index is -0.525. The van der Waals surface area contributed by atoms with Gasteiger partial charge in [-0.3, -0.25) is 4.79 Å². The third kappa shape index (κ3) is 3.36. The van der Waals surface area contributed by atoms with E-state index in [1.54, 1.807) is 24.3 Å². The predicted molar refractivity (Wildman–Crippen MR) is 89.2 cm³/mol. The minimum Gasteiger partial charge on any atom is -0.493 e. The van der Waals surface area contributed by atoms with E-state index in [1.165, 1.54) is 25.4 Å². The van der Waals surface area contributed by atoms with Gasteiger partial charge in [0.1, 0.15) is 0 Å². The van der Waals surface area contributed by atoms with Crippen LogP contribution in [-0.4, -0.2) is 24.9 Å². The fourth-order valence-corrected chi connectivity index (χ4v) is 2.74. The first-order chi connectivity index (χ1) is 11.6. The van der Waals surface area contributed by atoms with Crippen molar-refractivity contribution >= 4 is 35.2 Å². The van der Waals surface area contributed by atoms with Crippen molar-refractivity contribution in [3.8, 4) is 11.5 Å². The van der Waals surface area contributed by atoms with E-state index in [1.807, 2.05) is 17.5 Å². The van der Waals surface area contributed by atoms with E-state index in [0.717, 1.165) is 4.88 Å². The lowest BCUT2D eigenvalue weighted by atomic mass is 10.1. The van der Waals surface area contributed by atoms with Gasteiger partial charge in [0, 0.05) is 6.92 Å². The molecule has 1 aromatic carbocycles. The third-order valence-corrected chi connectivity index (χ3v) is 3.96. The number of hydrogen-bond donors (Lipinski definition) is 0. The Morgan fingerprint density at radius 1 is 1.29 bits per heavy atom. The van der Waals surface area contributed by atoms with Crippen LogP contribution in [0.1, 0.15) is 17.4 Å². The molecule has 0 amide bonds. The summed E-state index contributed by atoms with van der Waals surface area (Å²) in [5.41, 5.74) is 0.813. The number of methoxy groups -OCH3 is 1. The number of carbonyl (C=O) groups excluding carboxylic acids is 2. The zero-order valence-electron chi connectivity index (χ0n) is 12.9. The number of carbonyl (C=O) groups is 2. The molecule has 122 valence electrons. The summed E-state index contributed by atoms with van der Waals surface area (Å²) < 4.78 is 15.4. The lowest BCUT2D eigenvalue weighted by molar-refractivity contribution is -0.132. The van der Waals surface area contributed by atoms with Crippen LogP contribution >= 0.6 is 11.3 Å². The lowest BCUT2D eigenvalue weighted by Crippen LogP contribution is -2.04. The van der Waals surface area contributed by atoms with Gasteiger partial charge in [-0.25, -0.2) is 9.79 Å². The molecule has 0 radical (unpaired) electrons. The van der Waals surface area contributed by atoms with Crippen molar-refractivity contribution in [3.05, 3.63) is 51.8 Å². The molecule has 7 heteroatoms. The fraction of sp³-hybridized carbons (Fsp3) is 0.118. The summed E-state index contributed by atoms with van der Waals surface area (Å²) in [7, 11) is 1.48. The zero-order valence-corrected chi connectivity index (χ0v) is 13.8. The summed E-state index contributed by atoms with van der Waals surface area (Å²) in [5.74, 6) is -0.00749. The van der Waals surface area contributed by atoms with Gasteiger partial charge in [0.05, 0.1) is 12.0 Å². The number of ether oxygens (including phenoxy) is 3.